The summed E-state index contributed by atoms with van der Waals surface area (Å²) in [5.41, 5.74) is 2.17. The molecule has 1 aliphatic rings. The summed E-state index contributed by atoms with van der Waals surface area (Å²) < 4.78 is 1.79. The lowest BCUT2D eigenvalue weighted by Crippen LogP contribution is -2.28. The Morgan fingerprint density at radius 2 is 1.84 bits per heavy atom. The van der Waals surface area contributed by atoms with Gasteiger partial charge in [0.2, 0.25) is 11.9 Å². The Labute approximate surface area is 184 Å². The minimum Gasteiger partial charge on any atom is -0.481 e. The molecule has 0 saturated carbocycles. The van der Waals surface area contributed by atoms with Gasteiger partial charge in [-0.15, -0.1) is 5.10 Å². The summed E-state index contributed by atoms with van der Waals surface area (Å²) in [6, 6.07) is 17.6. The summed E-state index contributed by atoms with van der Waals surface area (Å²) in [7, 11) is 0. The molecule has 0 fully saturated rings. The summed E-state index contributed by atoms with van der Waals surface area (Å²) in [6.45, 7) is 0. The Balaban J connectivity index is 1.58. The molecule has 0 bridgehead atoms. The molecule has 2 atom stereocenters. The lowest BCUT2D eigenvalue weighted by Gasteiger charge is -2.31. The van der Waals surface area contributed by atoms with Gasteiger partial charge < -0.3 is 10.4 Å². The summed E-state index contributed by atoms with van der Waals surface area (Å²) in [6.07, 6.45) is 1.05. The van der Waals surface area contributed by atoms with E-state index in [4.69, 9.17) is 16.7 Å². The number of amides is 1. The van der Waals surface area contributed by atoms with Gasteiger partial charge in [0.1, 0.15) is 0 Å². The highest BCUT2D eigenvalue weighted by atomic mass is 35.5. The van der Waals surface area contributed by atoms with Gasteiger partial charge in [-0.1, -0.05) is 54.1 Å². The van der Waals surface area contributed by atoms with E-state index < -0.39 is 5.97 Å². The third-order valence-electron chi connectivity index (χ3n) is 5.19. The largest absolute Gasteiger partial charge is 0.481 e. The van der Waals surface area contributed by atoms with E-state index >= 15 is 0 Å². The Morgan fingerprint density at radius 3 is 2.55 bits per heavy atom. The van der Waals surface area contributed by atoms with Gasteiger partial charge in [0.25, 0.3) is 5.95 Å². The van der Waals surface area contributed by atoms with Crippen LogP contribution in [0.4, 0.5) is 11.9 Å². The molecule has 9 heteroatoms. The maximum atomic E-state index is 12.1. The van der Waals surface area contributed by atoms with Crippen LogP contribution in [0.25, 0.3) is 0 Å². The molecule has 2 aromatic carbocycles. The SMILES string of the molecule is O=C(O)CCCC(=O)Nc1nc2n(n1)C(c1ccccc1)CC(c1ccc(Cl)cc1)N2. The maximum absolute atomic E-state index is 12.1. The fraction of sp³-hybridized carbons (Fsp3) is 0.273. The van der Waals surface area contributed by atoms with Gasteiger partial charge in [-0.3, -0.25) is 14.9 Å². The molecular weight excluding hydrogens is 418 g/mol. The number of carboxylic acid groups (broad SMARTS) is 1. The van der Waals surface area contributed by atoms with Crippen molar-refractivity contribution in [3.05, 3.63) is 70.7 Å². The van der Waals surface area contributed by atoms with E-state index in [2.05, 4.69) is 20.7 Å². The molecule has 0 saturated heterocycles. The summed E-state index contributed by atoms with van der Waals surface area (Å²) in [4.78, 5) is 27.3. The van der Waals surface area contributed by atoms with E-state index in [0.717, 1.165) is 17.5 Å². The molecular formula is C22H22ClN5O3. The van der Waals surface area contributed by atoms with Crippen molar-refractivity contribution in [1.82, 2.24) is 14.8 Å². The Kier molecular flexibility index (Phi) is 6.18. The molecule has 0 radical (unpaired) electrons. The zero-order valence-corrected chi connectivity index (χ0v) is 17.4. The van der Waals surface area contributed by atoms with Crippen molar-refractivity contribution in [3.8, 4) is 0 Å². The van der Waals surface area contributed by atoms with Gasteiger partial charge in [-0.05, 0) is 36.1 Å². The lowest BCUT2D eigenvalue weighted by atomic mass is 9.93. The smallest absolute Gasteiger partial charge is 0.303 e. The number of aliphatic carboxylic acids is 1. The van der Waals surface area contributed by atoms with E-state index in [1.807, 2.05) is 54.6 Å². The third kappa shape index (κ3) is 5.03. The fourth-order valence-corrected chi connectivity index (χ4v) is 3.81. The molecule has 1 aliphatic heterocycles. The molecule has 2 unspecified atom stereocenters. The zero-order valence-electron chi connectivity index (χ0n) is 16.7. The Bertz CT molecular complexity index is 1070. The van der Waals surface area contributed by atoms with Crippen LogP contribution in [0.5, 0.6) is 0 Å². The number of halogens is 1. The molecule has 3 aromatic rings. The van der Waals surface area contributed by atoms with Crippen LogP contribution < -0.4 is 10.6 Å². The average Bonchev–Trinajstić information content (AvgIpc) is 3.16. The van der Waals surface area contributed by atoms with Crippen LogP contribution in [0, 0.1) is 0 Å². The molecule has 0 aliphatic carbocycles. The number of hydrogen-bond donors (Lipinski definition) is 3. The predicted octanol–water partition coefficient (Wildman–Crippen LogP) is 4.27. The van der Waals surface area contributed by atoms with E-state index in [-0.39, 0.29) is 43.2 Å². The van der Waals surface area contributed by atoms with Crippen molar-refractivity contribution >= 4 is 35.4 Å². The van der Waals surface area contributed by atoms with Gasteiger partial charge in [-0.25, -0.2) is 4.68 Å². The van der Waals surface area contributed by atoms with Gasteiger partial charge in [0.15, 0.2) is 0 Å². The van der Waals surface area contributed by atoms with Crippen molar-refractivity contribution in [2.45, 2.75) is 37.8 Å². The second-order valence-corrected chi connectivity index (χ2v) is 7.85. The monoisotopic (exact) mass is 439 g/mol. The third-order valence-corrected chi connectivity index (χ3v) is 5.44. The molecule has 160 valence electrons. The van der Waals surface area contributed by atoms with Crippen molar-refractivity contribution in [2.24, 2.45) is 0 Å². The van der Waals surface area contributed by atoms with Crippen molar-refractivity contribution < 1.29 is 14.7 Å². The molecule has 3 N–H and O–H groups in total. The van der Waals surface area contributed by atoms with Crippen LogP contribution in [0.2, 0.25) is 5.02 Å². The molecule has 0 spiro atoms. The van der Waals surface area contributed by atoms with E-state index in [1.54, 1.807) is 4.68 Å². The van der Waals surface area contributed by atoms with E-state index in [0.29, 0.717) is 11.0 Å². The molecule has 1 amide bonds. The average molecular weight is 440 g/mol. The number of carbonyl (C=O) groups is 2. The minimum absolute atomic E-state index is 0.00158. The van der Waals surface area contributed by atoms with Crippen LogP contribution in [-0.4, -0.2) is 31.7 Å². The van der Waals surface area contributed by atoms with E-state index in [9.17, 15) is 9.59 Å². The quantitative estimate of drug-likeness (QED) is 0.507. The van der Waals surface area contributed by atoms with Crippen molar-refractivity contribution in [2.75, 3.05) is 10.6 Å². The number of aromatic nitrogens is 3. The number of carbonyl (C=O) groups excluding carboxylic acids is 1. The molecule has 2 heterocycles. The Hall–Kier alpha value is -3.39. The first-order chi connectivity index (χ1) is 15.0. The van der Waals surface area contributed by atoms with Crippen molar-refractivity contribution in [3.63, 3.8) is 0 Å². The number of nitrogens with one attached hydrogen (secondary N) is 2. The summed E-state index contributed by atoms with van der Waals surface area (Å²) in [5, 5.41) is 20.0. The molecule has 31 heavy (non-hydrogen) atoms. The number of carboxylic acids is 1. The highest BCUT2D eigenvalue weighted by molar-refractivity contribution is 6.30. The number of benzene rings is 2. The second-order valence-electron chi connectivity index (χ2n) is 7.41. The van der Waals surface area contributed by atoms with Crippen LogP contribution in [0.1, 0.15) is 48.9 Å². The van der Waals surface area contributed by atoms with E-state index in [1.165, 1.54) is 0 Å². The van der Waals surface area contributed by atoms with Crippen LogP contribution >= 0.6 is 11.6 Å². The minimum atomic E-state index is -0.925. The number of fused-ring (bicyclic) bond motifs is 1. The number of hydrogen-bond acceptors (Lipinski definition) is 5. The zero-order chi connectivity index (χ0) is 21.8. The molecule has 4 rings (SSSR count). The van der Waals surface area contributed by atoms with Gasteiger partial charge in [0.05, 0.1) is 12.1 Å². The van der Waals surface area contributed by atoms with Crippen LogP contribution in [0.3, 0.4) is 0 Å². The first-order valence-electron chi connectivity index (χ1n) is 10.0. The standard InChI is InChI=1S/C22H22ClN5O3/c23-16-11-9-14(10-12-16)17-13-18(15-5-2-1-3-6-15)28-22(24-17)26-21(27-28)25-19(29)7-4-8-20(30)31/h1-3,5-6,9-12,17-18H,4,7-8,13H2,(H,30,31)(H2,24,25,26,27,29). The number of anilines is 2. The summed E-state index contributed by atoms with van der Waals surface area (Å²) in [5.74, 6) is -0.484. The normalized spacial score (nSPS) is 17.5. The molecule has 8 nitrogen and oxygen atoms in total. The van der Waals surface area contributed by atoms with Crippen LogP contribution in [0.15, 0.2) is 54.6 Å². The van der Waals surface area contributed by atoms with Gasteiger partial charge in [-0.2, -0.15) is 4.98 Å². The topological polar surface area (TPSA) is 109 Å². The molecule has 1 aromatic heterocycles. The van der Waals surface area contributed by atoms with Gasteiger partial charge >= 0.3 is 5.97 Å². The summed E-state index contributed by atoms with van der Waals surface area (Å²) >= 11 is 6.04. The number of rotatable bonds is 7. The van der Waals surface area contributed by atoms with Crippen LogP contribution in [-0.2, 0) is 9.59 Å². The highest BCUT2D eigenvalue weighted by Crippen LogP contribution is 2.38. The van der Waals surface area contributed by atoms with Gasteiger partial charge in [0, 0.05) is 17.9 Å². The maximum Gasteiger partial charge on any atom is 0.303 e. The fourth-order valence-electron chi connectivity index (χ4n) is 3.68. The first kappa shape index (κ1) is 20.9. The number of nitrogens with zero attached hydrogens (tertiary/aromatic N) is 3. The second kappa shape index (κ2) is 9.18. The predicted molar refractivity (Wildman–Crippen MR) is 117 cm³/mol. The van der Waals surface area contributed by atoms with Crippen molar-refractivity contribution in [1.29, 1.82) is 0 Å². The lowest BCUT2D eigenvalue weighted by molar-refractivity contribution is -0.137. The highest BCUT2D eigenvalue weighted by Gasteiger charge is 2.31. The first-order valence-corrected chi connectivity index (χ1v) is 10.4. The Morgan fingerprint density at radius 1 is 1.10 bits per heavy atom.